The zero-order valence-electron chi connectivity index (χ0n) is 12.5. The Kier molecular flexibility index (Phi) is 6.03. The standard InChI is InChI=1S/C16H26N2O/c1-5-13-7-9-14(10-8-13)16(2,3)15(19)18-12-6-11-17-4/h7-10,17H,5-6,11-12H2,1-4H3,(H,18,19). The minimum atomic E-state index is -0.480. The van der Waals surface area contributed by atoms with Crippen molar-refractivity contribution in [3.63, 3.8) is 0 Å². The maximum Gasteiger partial charge on any atom is 0.230 e. The summed E-state index contributed by atoms with van der Waals surface area (Å²) < 4.78 is 0. The number of hydrogen-bond donors (Lipinski definition) is 2. The number of carbonyl (C=O) groups excluding carboxylic acids is 1. The largest absolute Gasteiger partial charge is 0.355 e. The van der Waals surface area contributed by atoms with Crippen molar-refractivity contribution in [2.24, 2.45) is 0 Å². The summed E-state index contributed by atoms with van der Waals surface area (Å²) in [7, 11) is 1.92. The van der Waals surface area contributed by atoms with Gasteiger partial charge in [0.05, 0.1) is 5.41 Å². The number of benzene rings is 1. The normalized spacial score (nSPS) is 11.4. The molecule has 2 N–H and O–H groups in total. The number of aryl methyl sites for hydroxylation is 1. The molecule has 0 spiro atoms. The van der Waals surface area contributed by atoms with Gasteiger partial charge in [0, 0.05) is 6.54 Å². The van der Waals surface area contributed by atoms with Crippen LogP contribution in [0.2, 0.25) is 0 Å². The van der Waals surface area contributed by atoms with Crippen LogP contribution in [-0.4, -0.2) is 26.0 Å². The number of nitrogens with one attached hydrogen (secondary N) is 2. The molecule has 0 saturated heterocycles. The van der Waals surface area contributed by atoms with Crippen LogP contribution < -0.4 is 10.6 Å². The van der Waals surface area contributed by atoms with Crippen molar-refractivity contribution >= 4 is 5.91 Å². The van der Waals surface area contributed by atoms with Crippen molar-refractivity contribution in [2.45, 2.75) is 39.0 Å². The summed E-state index contributed by atoms with van der Waals surface area (Å²) >= 11 is 0. The van der Waals surface area contributed by atoms with Gasteiger partial charge >= 0.3 is 0 Å². The van der Waals surface area contributed by atoms with Gasteiger partial charge in [-0.2, -0.15) is 0 Å². The van der Waals surface area contributed by atoms with Crippen LogP contribution in [0, 0.1) is 0 Å². The van der Waals surface area contributed by atoms with Crippen molar-refractivity contribution < 1.29 is 4.79 Å². The Labute approximate surface area is 116 Å². The molecule has 0 aromatic heterocycles. The van der Waals surface area contributed by atoms with E-state index < -0.39 is 5.41 Å². The summed E-state index contributed by atoms with van der Waals surface area (Å²) in [6, 6.07) is 8.33. The average molecular weight is 262 g/mol. The van der Waals surface area contributed by atoms with Crippen molar-refractivity contribution in [3.05, 3.63) is 35.4 Å². The third-order valence-electron chi connectivity index (χ3n) is 3.54. The molecule has 0 unspecified atom stereocenters. The summed E-state index contributed by atoms with van der Waals surface area (Å²) in [4.78, 5) is 12.3. The highest BCUT2D eigenvalue weighted by atomic mass is 16.2. The second-order valence-corrected chi connectivity index (χ2v) is 5.39. The van der Waals surface area contributed by atoms with Crippen LogP contribution in [0.1, 0.15) is 38.3 Å². The molecule has 3 heteroatoms. The smallest absolute Gasteiger partial charge is 0.230 e. The summed E-state index contributed by atoms with van der Waals surface area (Å²) in [5.74, 6) is 0.0906. The Morgan fingerprint density at radius 3 is 2.32 bits per heavy atom. The Hall–Kier alpha value is -1.35. The molecule has 0 fully saturated rings. The molecule has 0 aliphatic rings. The molecule has 1 amide bonds. The van der Waals surface area contributed by atoms with E-state index in [0.29, 0.717) is 0 Å². The van der Waals surface area contributed by atoms with Gasteiger partial charge in [-0.3, -0.25) is 4.79 Å². The summed E-state index contributed by atoms with van der Waals surface area (Å²) in [5.41, 5.74) is 1.89. The second-order valence-electron chi connectivity index (χ2n) is 5.39. The summed E-state index contributed by atoms with van der Waals surface area (Å²) in [6.45, 7) is 7.72. The predicted octanol–water partition coefficient (Wildman–Crippen LogP) is 2.25. The predicted molar refractivity (Wildman–Crippen MR) is 80.4 cm³/mol. The molecule has 0 aliphatic carbocycles. The molecule has 0 aliphatic heterocycles. The number of rotatable bonds is 7. The van der Waals surface area contributed by atoms with Crippen LogP contribution in [0.3, 0.4) is 0 Å². The highest BCUT2D eigenvalue weighted by Gasteiger charge is 2.29. The minimum Gasteiger partial charge on any atom is -0.355 e. The maximum atomic E-state index is 12.3. The van der Waals surface area contributed by atoms with Gasteiger partial charge in [0.15, 0.2) is 0 Å². The van der Waals surface area contributed by atoms with Gasteiger partial charge in [0.1, 0.15) is 0 Å². The first-order valence-electron chi connectivity index (χ1n) is 7.04. The molecule has 19 heavy (non-hydrogen) atoms. The molecule has 0 atom stereocenters. The fraction of sp³-hybridized carbons (Fsp3) is 0.562. The monoisotopic (exact) mass is 262 g/mol. The van der Waals surface area contributed by atoms with E-state index in [4.69, 9.17) is 0 Å². The molecule has 1 aromatic rings. The third kappa shape index (κ3) is 4.35. The molecular formula is C16H26N2O. The second kappa shape index (κ2) is 7.29. The Morgan fingerprint density at radius 2 is 1.79 bits per heavy atom. The van der Waals surface area contributed by atoms with Crippen LogP contribution >= 0.6 is 0 Å². The van der Waals surface area contributed by atoms with E-state index >= 15 is 0 Å². The first-order valence-corrected chi connectivity index (χ1v) is 7.04. The Balaban J connectivity index is 2.64. The molecule has 0 saturated carbocycles. The van der Waals surface area contributed by atoms with Crippen molar-refractivity contribution in [1.82, 2.24) is 10.6 Å². The quantitative estimate of drug-likeness (QED) is 0.740. The SMILES string of the molecule is CCc1ccc(C(C)(C)C(=O)NCCCNC)cc1. The van der Waals surface area contributed by atoms with E-state index in [1.54, 1.807) is 0 Å². The average Bonchev–Trinajstić information content (AvgIpc) is 2.43. The Bertz CT molecular complexity index is 396. The van der Waals surface area contributed by atoms with Crippen LogP contribution in [0.25, 0.3) is 0 Å². The van der Waals surface area contributed by atoms with Crippen molar-refractivity contribution in [2.75, 3.05) is 20.1 Å². The zero-order chi connectivity index (χ0) is 14.3. The number of carbonyl (C=O) groups is 1. The van der Waals surface area contributed by atoms with Crippen LogP contribution in [-0.2, 0) is 16.6 Å². The van der Waals surface area contributed by atoms with Gasteiger partial charge in [-0.1, -0.05) is 31.2 Å². The number of amides is 1. The summed E-state index contributed by atoms with van der Waals surface area (Å²) in [5, 5.41) is 6.08. The first kappa shape index (κ1) is 15.7. The molecule has 1 aromatic carbocycles. The van der Waals surface area contributed by atoms with E-state index in [-0.39, 0.29) is 5.91 Å². The van der Waals surface area contributed by atoms with E-state index in [9.17, 15) is 4.79 Å². The van der Waals surface area contributed by atoms with Crippen LogP contribution in [0.5, 0.6) is 0 Å². The molecule has 0 heterocycles. The van der Waals surface area contributed by atoms with Crippen LogP contribution in [0.15, 0.2) is 24.3 Å². The van der Waals surface area contributed by atoms with Gasteiger partial charge in [-0.25, -0.2) is 0 Å². The number of hydrogen-bond acceptors (Lipinski definition) is 2. The lowest BCUT2D eigenvalue weighted by Crippen LogP contribution is -2.40. The fourth-order valence-corrected chi connectivity index (χ4v) is 1.98. The fourth-order valence-electron chi connectivity index (χ4n) is 1.98. The van der Waals surface area contributed by atoms with Crippen LogP contribution in [0.4, 0.5) is 0 Å². The highest BCUT2D eigenvalue weighted by molar-refractivity contribution is 5.87. The van der Waals surface area contributed by atoms with Crippen molar-refractivity contribution in [3.8, 4) is 0 Å². The lowest BCUT2D eigenvalue weighted by Gasteiger charge is -2.24. The third-order valence-corrected chi connectivity index (χ3v) is 3.54. The maximum absolute atomic E-state index is 12.3. The molecule has 3 nitrogen and oxygen atoms in total. The van der Waals surface area contributed by atoms with Gasteiger partial charge in [0.25, 0.3) is 0 Å². The van der Waals surface area contributed by atoms with E-state index in [1.165, 1.54) is 5.56 Å². The van der Waals surface area contributed by atoms with E-state index in [0.717, 1.165) is 31.5 Å². The topological polar surface area (TPSA) is 41.1 Å². The van der Waals surface area contributed by atoms with E-state index in [1.807, 2.05) is 20.9 Å². The van der Waals surface area contributed by atoms with Crippen molar-refractivity contribution in [1.29, 1.82) is 0 Å². The van der Waals surface area contributed by atoms with Gasteiger partial charge in [-0.15, -0.1) is 0 Å². The molecule has 0 radical (unpaired) electrons. The lowest BCUT2D eigenvalue weighted by atomic mass is 9.83. The minimum absolute atomic E-state index is 0.0906. The summed E-state index contributed by atoms with van der Waals surface area (Å²) in [6.07, 6.45) is 1.98. The van der Waals surface area contributed by atoms with Gasteiger partial charge < -0.3 is 10.6 Å². The van der Waals surface area contributed by atoms with Gasteiger partial charge in [0.2, 0.25) is 5.91 Å². The van der Waals surface area contributed by atoms with E-state index in [2.05, 4.69) is 41.8 Å². The van der Waals surface area contributed by atoms with Gasteiger partial charge in [-0.05, 0) is 51.4 Å². The highest BCUT2D eigenvalue weighted by Crippen LogP contribution is 2.23. The molecule has 1 rings (SSSR count). The Morgan fingerprint density at radius 1 is 1.16 bits per heavy atom. The zero-order valence-corrected chi connectivity index (χ0v) is 12.5. The molecular weight excluding hydrogens is 236 g/mol. The first-order chi connectivity index (χ1) is 9.02. The molecule has 0 bridgehead atoms. The lowest BCUT2D eigenvalue weighted by molar-refractivity contribution is -0.125. The molecule has 106 valence electrons.